The number of aliphatic carboxylic acids is 1. The molecule has 2 aromatic rings. The van der Waals surface area contributed by atoms with Gasteiger partial charge in [0.1, 0.15) is 17.2 Å². The topological polar surface area (TPSA) is 146 Å². The minimum atomic E-state index is -1.17. The molecule has 1 unspecified atom stereocenters. The van der Waals surface area contributed by atoms with Crippen molar-refractivity contribution in [2.75, 3.05) is 14.2 Å². The smallest absolute Gasteiger partial charge is 0.322 e. The van der Waals surface area contributed by atoms with Gasteiger partial charge in [0.05, 0.1) is 31.6 Å². The van der Waals surface area contributed by atoms with Crippen LogP contribution in [0.5, 0.6) is 11.5 Å². The number of benzene rings is 1. The van der Waals surface area contributed by atoms with Crippen molar-refractivity contribution >= 4 is 17.6 Å². The molecular weight excluding hydrogens is 372 g/mol. The average molecular weight is 392 g/mol. The molecule has 1 aromatic heterocycles. The van der Waals surface area contributed by atoms with Crippen molar-refractivity contribution in [3.05, 3.63) is 45.3 Å². The van der Waals surface area contributed by atoms with E-state index in [9.17, 15) is 24.8 Å². The summed E-state index contributed by atoms with van der Waals surface area (Å²) in [5.74, 6) is -1.20. The predicted octanol–water partition coefficient (Wildman–Crippen LogP) is 1.60. The maximum Gasteiger partial charge on any atom is 0.322 e. The van der Waals surface area contributed by atoms with Crippen molar-refractivity contribution in [1.82, 2.24) is 15.1 Å². The molecule has 11 nitrogen and oxygen atoms in total. The molecule has 1 heterocycles. The molecule has 0 saturated carbocycles. The summed E-state index contributed by atoms with van der Waals surface area (Å²) in [6.07, 6.45) is -0.459. The van der Waals surface area contributed by atoms with Gasteiger partial charge in [-0.15, -0.1) is 0 Å². The van der Waals surface area contributed by atoms with Crippen LogP contribution in [0, 0.1) is 17.0 Å². The van der Waals surface area contributed by atoms with Gasteiger partial charge in [-0.2, -0.15) is 5.10 Å². The van der Waals surface area contributed by atoms with Gasteiger partial charge in [0.15, 0.2) is 0 Å². The quantitative estimate of drug-likeness (QED) is 0.509. The van der Waals surface area contributed by atoms with E-state index in [-0.39, 0.29) is 11.4 Å². The maximum absolute atomic E-state index is 12.8. The van der Waals surface area contributed by atoms with Gasteiger partial charge in [-0.05, 0) is 19.1 Å². The van der Waals surface area contributed by atoms with Crippen molar-refractivity contribution in [2.24, 2.45) is 7.05 Å². The Bertz CT molecular complexity index is 922. The number of aromatic nitrogens is 2. The van der Waals surface area contributed by atoms with E-state index in [0.29, 0.717) is 17.1 Å². The van der Waals surface area contributed by atoms with Gasteiger partial charge in [0, 0.05) is 18.7 Å². The number of rotatable bonds is 8. The highest BCUT2D eigenvalue weighted by Gasteiger charge is 2.31. The number of nitrogens with one attached hydrogen (secondary N) is 1. The van der Waals surface area contributed by atoms with Crippen LogP contribution in [0.3, 0.4) is 0 Å². The molecule has 1 amide bonds. The lowest BCUT2D eigenvalue weighted by Gasteiger charge is -2.20. The number of methoxy groups -OCH3 is 2. The van der Waals surface area contributed by atoms with Crippen LogP contribution in [0.25, 0.3) is 0 Å². The minimum absolute atomic E-state index is 0.0782. The van der Waals surface area contributed by atoms with Crippen molar-refractivity contribution in [3.8, 4) is 11.5 Å². The highest BCUT2D eigenvalue weighted by Crippen LogP contribution is 2.32. The normalized spacial score (nSPS) is 11.6. The molecule has 0 spiro atoms. The Hall–Kier alpha value is -3.63. The molecule has 11 heteroatoms. The molecule has 150 valence electrons. The van der Waals surface area contributed by atoms with Crippen LogP contribution in [0.4, 0.5) is 5.69 Å². The van der Waals surface area contributed by atoms with Gasteiger partial charge < -0.3 is 19.9 Å². The van der Waals surface area contributed by atoms with Gasteiger partial charge in [0.25, 0.3) is 5.91 Å². The standard InChI is InChI=1S/C17H20N4O7/c1-9-15(21(25)26)16(20(2)19-9)17(24)18-12(8-14(22)23)11-6-5-10(27-3)7-13(11)28-4/h5-7,12H,8H2,1-4H3,(H,18,24)(H,22,23). The molecule has 0 aliphatic heterocycles. The first-order valence-electron chi connectivity index (χ1n) is 8.12. The molecule has 0 radical (unpaired) electrons. The molecule has 0 saturated heterocycles. The van der Waals surface area contributed by atoms with E-state index in [2.05, 4.69) is 10.4 Å². The lowest BCUT2D eigenvalue weighted by Crippen LogP contribution is -2.32. The third-order valence-electron chi connectivity index (χ3n) is 4.09. The first-order valence-corrected chi connectivity index (χ1v) is 8.12. The van der Waals surface area contributed by atoms with Gasteiger partial charge in [0.2, 0.25) is 5.69 Å². The Morgan fingerprint density at radius 1 is 1.36 bits per heavy atom. The van der Waals surface area contributed by atoms with E-state index < -0.39 is 34.9 Å². The van der Waals surface area contributed by atoms with Crippen molar-refractivity contribution in [3.63, 3.8) is 0 Å². The third-order valence-corrected chi connectivity index (χ3v) is 4.09. The van der Waals surface area contributed by atoms with Gasteiger partial charge in [-0.3, -0.25) is 24.4 Å². The summed E-state index contributed by atoms with van der Waals surface area (Å²) in [5.41, 5.74) is -0.240. The fraction of sp³-hybridized carbons (Fsp3) is 0.353. The molecule has 0 aliphatic rings. The summed E-state index contributed by atoms with van der Waals surface area (Å²) in [7, 11) is 4.26. The van der Waals surface area contributed by atoms with Gasteiger partial charge >= 0.3 is 11.7 Å². The Morgan fingerprint density at radius 3 is 2.57 bits per heavy atom. The summed E-state index contributed by atoms with van der Waals surface area (Å²) in [6.45, 7) is 1.41. The van der Waals surface area contributed by atoms with Crippen LogP contribution in [0.15, 0.2) is 18.2 Å². The van der Waals surface area contributed by atoms with Crippen LogP contribution < -0.4 is 14.8 Å². The zero-order chi connectivity index (χ0) is 21.0. The predicted molar refractivity (Wildman–Crippen MR) is 96.6 cm³/mol. The van der Waals surface area contributed by atoms with Gasteiger partial charge in [-0.25, -0.2) is 0 Å². The molecule has 1 atom stereocenters. The lowest BCUT2D eigenvalue weighted by molar-refractivity contribution is -0.385. The fourth-order valence-electron chi connectivity index (χ4n) is 2.87. The minimum Gasteiger partial charge on any atom is -0.497 e. The maximum atomic E-state index is 12.8. The highest BCUT2D eigenvalue weighted by atomic mass is 16.6. The molecule has 0 fully saturated rings. The Balaban J connectivity index is 2.45. The summed E-state index contributed by atoms with van der Waals surface area (Å²) in [6, 6.07) is 3.71. The third kappa shape index (κ3) is 4.19. The van der Waals surface area contributed by atoms with Crippen LogP contribution in [0.2, 0.25) is 0 Å². The lowest BCUT2D eigenvalue weighted by atomic mass is 10.0. The number of aryl methyl sites for hydroxylation is 2. The first-order chi connectivity index (χ1) is 13.2. The number of nitro groups is 1. The zero-order valence-corrected chi connectivity index (χ0v) is 15.8. The molecular formula is C17H20N4O7. The second-order valence-electron chi connectivity index (χ2n) is 5.90. The Morgan fingerprint density at radius 2 is 2.04 bits per heavy atom. The molecule has 0 aliphatic carbocycles. The molecule has 0 bridgehead atoms. The number of hydrogen-bond donors (Lipinski definition) is 2. The first kappa shape index (κ1) is 20.7. The number of carboxylic acid groups (broad SMARTS) is 1. The average Bonchev–Trinajstić information content (AvgIpc) is 2.94. The largest absolute Gasteiger partial charge is 0.497 e. The number of carbonyl (C=O) groups excluding carboxylic acids is 1. The number of amides is 1. The number of carbonyl (C=O) groups is 2. The number of nitrogens with zero attached hydrogens (tertiary/aromatic N) is 3. The number of hydrogen-bond acceptors (Lipinski definition) is 7. The summed E-state index contributed by atoms with van der Waals surface area (Å²) >= 11 is 0. The Labute approximate surface area is 160 Å². The van der Waals surface area contributed by atoms with Crippen molar-refractivity contribution in [2.45, 2.75) is 19.4 Å². The van der Waals surface area contributed by atoms with Crippen LogP contribution in [-0.4, -0.2) is 45.9 Å². The SMILES string of the molecule is COc1ccc(C(CC(=O)O)NC(=O)c2c([N+](=O)[O-])c(C)nn2C)c(OC)c1. The van der Waals surface area contributed by atoms with E-state index in [1.54, 1.807) is 18.2 Å². The Kier molecular flexibility index (Phi) is 6.18. The second-order valence-corrected chi connectivity index (χ2v) is 5.90. The molecule has 1 aromatic carbocycles. The van der Waals surface area contributed by atoms with Gasteiger partial charge in [-0.1, -0.05) is 0 Å². The highest BCUT2D eigenvalue weighted by molar-refractivity contribution is 5.97. The van der Waals surface area contributed by atoms with E-state index in [1.165, 1.54) is 28.2 Å². The molecule has 28 heavy (non-hydrogen) atoms. The second kappa shape index (κ2) is 8.37. The monoisotopic (exact) mass is 392 g/mol. The zero-order valence-electron chi connectivity index (χ0n) is 15.8. The fourth-order valence-corrected chi connectivity index (χ4v) is 2.87. The summed E-state index contributed by atoms with van der Waals surface area (Å²) in [4.78, 5) is 34.7. The van der Waals surface area contributed by atoms with Crippen molar-refractivity contribution in [1.29, 1.82) is 0 Å². The number of ether oxygens (including phenoxy) is 2. The van der Waals surface area contributed by atoms with Crippen LogP contribution in [-0.2, 0) is 11.8 Å². The number of carboxylic acids is 1. The van der Waals surface area contributed by atoms with E-state index in [1.807, 2.05) is 0 Å². The summed E-state index contributed by atoms with van der Waals surface area (Å²) in [5, 5.41) is 27.0. The van der Waals surface area contributed by atoms with Crippen molar-refractivity contribution < 1.29 is 29.1 Å². The van der Waals surface area contributed by atoms with E-state index in [4.69, 9.17) is 9.47 Å². The molecule has 2 rings (SSSR count). The van der Waals surface area contributed by atoms with E-state index in [0.717, 1.165) is 4.68 Å². The van der Waals surface area contributed by atoms with Crippen LogP contribution >= 0.6 is 0 Å². The molecule has 2 N–H and O–H groups in total. The van der Waals surface area contributed by atoms with E-state index >= 15 is 0 Å². The summed E-state index contributed by atoms with van der Waals surface area (Å²) < 4.78 is 11.5. The van der Waals surface area contributed by atoms with Crippen LogP contribution in [0.1, 0.15) is 34.2 Å².